The molecule has 4 heterocycles. The Labute approximate surface area is 239 Å². The Morgan fingerprint density at radius 3 is 2.24 bits per heavy atom. The number of aromatic nitrogens is 3. The normalized spacial score (nSPS) is 21.8. The summed E-state index contributed by atoms with van der Waals surface area (Å²) in [5, 5.41) is 0.953. The van der Waals surface area contributed by atoms with Crippen LogP contribution in [0.25, 0.3) is 11.0 Å². The van der Waals surface area contributed by atoms with Gasteiger partial charge in [0.2, 0.25) is 0 Å². The Morgan fingerprint density at radius 1 is 1.00 bits per heavy atom. The molecular weight excluding hydrogens is 524 g/mol. The molecule has 41 heavy (non-hydrogen) atoms. The lowest BCUT2D eigenvalue weighted by molar-refractivity contribution is 0.0978. The fourth-order valence-electron chi connectivity index (χ4n) is 6.61. The van der Waals surface area contributed by atoms with Crippen molar-refractivity contribution >= 4 is 16.9 Å². The monoisotopic (exact) mass is 561 g/mol. The maximum atomic E-state index is 13.9. The summed E-state index contributed by atoms with van der Waals surface area (Å²) >= 11 is 0. The van der Waals surface area contributed by atoms with Crippen molar-refractivity contribution in [2.75, 3.05) is 24.6 Å². The van der Waals surface area contributed by atoms with Gasteiger partial charge in [-0.15, -0.1) is 0 Å². The summed E-state index contributed by atoms with van der Waals surface area (Å²) in [5.41, 5.74) is 2.49. The molecule has 2 aromatic carbocycles. The minimum absolute atomic E-state index is 0.0329. The summed E-state index contributed by atoms with van der Waals surface area (Å²) in [5.74, 6) is 0.132. The molecule has 0 aliphatic carbocycles. The number of aryl methyl sites for hydroxylation is 1. The van der Waals surface area contributed by atoms with Gasteiger partial charge in [-0.2, -0.15) is 4.98 Å². The van der Waals surface area contributed by atoms with Crippen LogP contribution < -0.4 is 10.6 Å². The number of nitrogens with zero attached hydrogens (tertiary/aromatic N) is 5. The Bertz CT molecular complexity index is 1510. The van der Waals surface area contributed by atoms with Gasteiger partial charge in [-0.1, -0.05) is 31.2 Å². The Morgan fingerprint density at radius 2 is 1.66 bits per heavy atom. The van der Waals surface area contributed by atoms with Crippen molar-refractivity contribution < 1.29 is 13.5 Å². The van der Waals surface area contributed by atoms with E-state index in [2.05, 4.69) is 39.3 Å². The highest BCUT2D eigenvalue weighted by Gasteiger charge is 2.37. The molecule has 0 unspecified atom stereocenters. The van der Waals surface area contributed by atoms with Gasteiger partial charge in [0.1, 0.15) is 23.1 Å². The van der Waals surface area contributed by atoms with E-state index in [1.807, 2.05) is 30.5 Å². The molecule has 4 aromatic rings. The van der Waals surface area contributed by atoms with Gasteiger partial charge < -0.3 is 14.2 Å². The molecule has 3 atom stereocenters. The number of benzene rings is 2. The molecule has 7 nitrogen and oxygen atoms in total. The number of ether oxygens (including phenoxy) is 1. The van der Waals surface area contributed by atoms with Crippen LogP contribution in [0.5, 0.6) is 0 Å². The molecule has 0 amide bonds. The average Bonchev–Trinajstić information content (AvgIpc) is 3.64. The van der Waals surface area contributed by atoms with Crippen molar-refractivity contribution in [2.24, 2.45) is 7.05 Å². The summed E-state index contributed by atoms with van der Waals surface area (Å²) in [6.07, 6.45) is 5.13. The molecule has 0 N–H and O–H groups in total. The molecule has 6 rings (SSSR count). The zero-order chi connectivity index (χ0) is 28.7. The van der Waals surface area contributed by atoms with Gasteiger partial charge in [-0.25, -0.2) is 13.6 Å². The second-order valence-corrected chi connectivity index (χ2v) is 11.4. The first-order chi connectivity index (χ1) is 19.8. The lowest BCUT2D eigenvalue weighted by Gasteiger charge is -2.49. The van der Waals surface area contributed by atoms with Crippen LogP contribution >= 0.6 is 0 Å². The van der Waals surface area contributed by atoms with Crippen molar-refractivity contribution in [3.8, 4) is 0 Å². The highest BCUT2D eigenvalue weighted by molar-refractivity contribution is 5.88. The number of anilines is 1. The van der Waals surface area contributed by atoms with Crippen LogP contribution in [-0.2, 0) is 18.3 Å². The lowest BCUT2D eigenvalue weighted by Crippen LogP contribution is -2.58. The zero-order valence-electron chi connectivity index (χ0n) is 23.8. The highest BCUT2D eigenvalue weighted by atomic mass is 19.1. The number of fused-ring (bicyclic) bond motifs is 1. The maximum Gasteiger partial charge on any atom is 0.350 e. The Kier molecular flexibility index (Phi) is 7.66. The van der Waals surface area contributed by atoms with Gasteiger partial charge in [-0.3, -0.25) is 9.47 Å². The van der Waals surface area contributed by atoms with Crippen LogP contribution in [0.15, 0.2) is 65.6 Å². The van der Waals surface area contributed by atoms with Crippen LogP contribution in [-0.4, -0.2) is 56.9 Å². The van der Waals surface area contributed by atoms with Gasteiger partial charge >= 0.3 is 5.69 Å². The third kappa shape index (κ3) is 5.28. The third-order valence-electron chi connectivity index (χ3n) is 8.74. The molecule has 9 heteroatoms. The second-order valence-electron chi connectivity index (χ2n) is 11.4. The van der Waals surface area contributed by atoms with Crippen LogP contribution in [0.3, 0.4) is 0 Å². The van der Waals surface area contributed by atoms with Gasteiger partial charge in [0.05, 0.1) is 24.1 Å². The molecular formula is C32H37F2N5O2. The fourth-order valence-corrected chi connectivity index (χ4v) is 6.61. The van der Waals surface area contributed by atoms with Crippen LogP contribution in [0.4, 0.5) is 14.6 Å². The smallest absolute Gasteiger partial charge is 0.350 e. The van der Waals surface area contributed by atoms with Crippen molar-refractivity contribution in [1.29, 1.82) is 0 Å². The largest absolute Gasteiger partial charge is 0.376 e. The van der Waals surface area contributed by atoms with E-state index in [-0.39, 0.29) is 41.6 Å². The lowest BCUT2D eigenvalue weighted by atomic mass is 9.92. The number of hydrogen-bond donors (Lipinski definition) is 0. The highest BCUT2D eigenvalue weighted by Crippen LogP contribution is 2.37. The SMILES string of the molecule is CC[C@@H]1CN(c2nc(=O)n(C)c3c2ccn3C[C@@H]2CCCO2)[C@@H](C)CN1C(c1ccc(F)cc1)c1ccc(F)cc1. The second kappa shape index (κ2) is 11.4. The van der Waals surface area contributed by atoms with E-state index in [9.17, 15) is 13.6 Å². The summed E-state index contributed by atoms with van der Waals surface area (Å²) in [4.78, 5) is 22.4. The molecule has 216 valence electrons. The van der Waals surface area contributed by atoms with E-state index in [1.165, 1.54) is 24.3 Å². The number of piperazine rings is 1. The summed E-state index contributed by atoms with van der Waals surface area (Å²) in [7, 11) is 1.78. The minimum atomic E-state index is -0.288. The molecule has 2 aliphatic heterocycles. The predicted octanol–water partition coefficient (Wildman–Crippen LogP) is 5.27. The Hall–Kier alpha value is -3.56. The van der Waals surface area contributed by atoms with Crippen molar-refractivity contribution in [1.82, 2.24) is 19.0 Å². The predicted molar refractivity (Wildman–Crippen MR) is 156 cm³/mol. The molecule has 0 radical (unpaired) electrons. The van der Waals surface area contributed by atoms with E-state index in [1.54, 1.807) is 11.6 Å². The van der Waals surface area contributed by atoms with E-state index >= 15 is 0 Å². The van der Waals surface area contributed by atoms with E-state index in [0.29, 0.717) is 25.5 Å². The average molecular weight is 562 g/mol. The standard InChI is InChI=1S/C32H37F2N5O2/c1-4-26-19-38(30-28-15-16-37(20-27-6-5-17-41-27)31(28)36(3)32(40)35-30)21(2)18-39(26)29(22-7-11-24(33)12-8-22)23-9-13-25(34)14-10-23/h7-16,21,26-27,29H,4-6,17-20H2,1-3H3/t21-,26+,27-/m0/s1. The number of hydrogen-bond acceptors (Lipinski definition) is 5. The van der Waals surface area contributed by atoms with Crippen molar-refractivity contribution in [3.05, 3.63) is 94.0 Å². The molecule has 2 aliphatic rings. The number of rotatable bonds is 7. The van der Waals surface area contributed by atoms with E-state index in [4.69, 9.17) is 4.74 Å². The van der Waals surface area contributed by atoms with Crippen molar-refractivity contribution in [3.63, 3.8) is 0 Å². The third-order valence-corrected chi connectivity index (χ3v) is 8.74. The molecule has 0 bridgehead atoms. The van der Waals surface area contributed by atoms with Crippen LogP contribution in [0.2, 0.25) is 0 Å². The van der Waals surface area contributed by atoms with Gasteiger partial charge in [-0.05, 0) is 67.6 Å². The van der Waals surface area contributed by atoms with E-state index < -0.39 is 0 Å². The molecule has 0 saturated carbocycles. The van der Waals surface area contributed by atoms with Gasteiger partial charge in [0.15, 0.2) is 0 Å². The molecule has 2 fully saturated rings. The van der Waals surface area contributed by atoms with Gasteiger partial charge in [0.25, 0.3) is 0 Å². The van der Waals surface area contributed by atoms with Gasteiger partial charge in [0, 0.05) is 45.0 Å². The summed E-state index contributed by atoms with van der Waals surface area (Å²) in [6, 6.07) is 15.2. The summed E-state index contributed by atoms with van der Waals surface area (Å²) < 4.78 is 37.4. The molecule has 2 aromatic heterocycles. The first kappa shape index (κ1) is 27.6. The first-order valence-corrected chi connectivity index (χ1v) is 14.5. The molecule has 0 spiro atoms. The first-order valence-electron chi connectivity index (χ1n) is 14.5. The topological polar surface area (TPSA) is 55.5 Å². The van der Waals surface area contributed by atoms with Crippen molar-refractivity contribution in [2.45, 2.75) is 63.9 Å². The fraction of sp³-hybridized carbons (Fsp3) is 0.438. The maximum absolute atomic E-state index is 13.9. The van der Waals surface area contributed by atoms with E-state index in [0.717, 1.165) is 48.0 Å². The number of halogens is 2. The van der Waals surface area contributed by atoms with Crippen LogP contribution in [0, 0.1) is 11.6 Å². The Balaban J connectivity index is 1.36. The zero-order valence-corrected chi connectivity index (χ0v) is 23.8. The quantitative estimate of drug-likeness (QED) is 0.308. The minimum Gasteiger partial charge on any atom is -0.376 e. The van der Waals surface area contributed by atoms with Crippen LogP contribution in [0.1, 0.15) is 50.3 Å². The summed E-state index contributed by atoms with van der Waals surface area (Å²) in [6.45, 7) is 7.16. The molecule has 2 saturated heterocycles.